The third kappa shape index (κ3) is 1.72. The van der Waals surface area contributed by atoms with Gasteiger partial charge in [-0.3, -0.25) is 4.98 Å². The summed E-state index contributed by atoms with van der Waals surface area (Å²) in [5.41, 5.74) is 2.97. The average Bonchev–Trinajstić information content (AvgIpc) is 2.05. The van der Waals surface area contributed by atoms with Crippen molar-refractivity contribution >= 4 is 9.84 Å². The molecular formula is C9H11NO2S. The second-order valence-corrected chi connectivity index (χ2v) is 5.62. The minimum Gasteiger partial charge on any atom is -0.261 e. The quantitative estimate of drug-likeness (QED) is 0.619. The molecule has 1 aliphatic rings. The van der Waals surface area contributed by atoms with Gasteiger partial charge in [0.05, 0.1) is 11.5 Å². The lowest BCUT2D eigenvalue weighted by molar-refractivity contribution is 0.591. The molecule has 0 atom stereocenters. The van der Waals surface area contributed by atoms with Gasteiger partial charge in [-0.05, 0) is 30.5 Å². The van der Waals surface area contributed by atoms with Crippen LogP contribution in [-0.4, -0.2) is 19.2 Å². The Morgan fingerprint density at radius 1 is 1.38 bits per heavy atom. The maximum Gasteiger partial charge on any atom is 0.154 e. The van der Waals surface area contributed by atoms with E-state index in [1.54, 1.807) is 6.20 Å². The molecule has 0 radical (unpaired) electrons. The molecule has 1 aromatic heterocycles. The average molecular weight is 197 g/mol. The Balaban J connectivity index is 2.48. The molecule has 0 unspecified atom stereocenters. The maximum atomic E-state index is 11.3. The fourth-order valence-electron chi connectivity index (χ4n) is 1.58. The maximum absolute atomic E-state index is 11.3. The zero-order chi connectivity index (χ0) is 9.47. The molecule has 13 heavy (non-hydrogen) atoms. The molecule has 4 heteroatoms. The summed E-state index contributed by atoms with van der Waals surface area (Å²) in [5, 5.41) is 0. The topological polar surface area (TPSA) is 47.0 Å². The highest BCUT2D eigenvalue weighted by Crippen LogP contribution is 2.19. The molecule has 0 saturated carbocycles. The Morgan fingerprint density at radius 3 is 2.92 bits per heavy atom. The van der Waals surface area contributed by atoms with Gasteiger partial charge in [0.15, 0.2) is 9.84 Å². The summed E-state index contributed by atoms with van der Waals surface area (Å²) in [4.78, 5) is 4.09. The van der Waals surface area contributed by atoms with E-state index in [-0.39, 0.29) is 11.5 Å². The standard InChI is InChI=1S/C9H11NO2S/c1-7-4-8-2-3-13(11,12)6-9(8)5-10-7/h4-5H,2-3,6H2,1H3. The summed E-state index contributed by atoms with van der Waals surface area (Å²) in [7, 11) is -2.85. The molecule has 0 aromatic carbocycles. The fraction of sp³-hybridized carbons (Fsp3) is 0.444. The molecule has 70 valence electrons. The van der Waals surface area contributed by atoms with Gasteiger partial charge in [-0.15, -0.1) is 0 Å². The molecule has 0 fully saturated rings. The van der Waals surface area contributed by atoms with Crippen molar-refractivity contribution < 1.29 is 8.42 Å². The number of aromatic nitrogens is 1. The van der Waals surface area contributed by atoms with Crippen LogP contribution in [0, 0.1) is 6.92 Å². The molecule has 0 aliphatic carbocycles. The Morgan fingerprint density at radius 2 is 2.15 bits per heavy atom. The number of fused-ring (bicyclic) bond motifs is 1. The van der Waals surface area contributed by atoms with Crippen LogP contribution in [0.1, 0.15) is 16.8 Å². The second-order valence-electron chi connectivity index (χ2n) is 3.44. The molecule has 0 amide bonds. The van der Waals surface area contributed by atoms with Crippen molar-refractivity contribution in [2.24, 2.45) is 0 Å². The van der Waals surface area contributed by atoms with Crippen LogP contribution in [0.2, 0.25) is 0 Å². The lowest BCUT2D eigenvalue weighted by Gasteiger charge is -2.15. The minimum atomic E-state index is -2.85. The van der Waals surface area contributed by atoms with Crippen LogP contribution in [0.25, 0.3) is 0 Å². The van der Waals surface area contributed by atoms with Gasteiger partial charge in [0, 0.05) is 11.9 Å². The predicted octanol–water partition coefficient (Wildman–Crippen LogP) is 0.861. The monoisotopic (exact) mass is 197 g/mol. The SMILES string of the molecule is Cc1cc2c(cn1)CS(=O)(=O)CC2. The molecule has 2 rings (SSSR count). The van der Waals surface area contributed by atoms with Gasteiger partial charge < -0.3 is 0 Å². The molecule has 0 N–H and O–H groups in total. The van der Waals surface area contributed by atoms with E-state index in [2.05, 4.69) is 4.98 Å². The van der Waals surface area contributed by atoms with Gasteiger partial charge in [0.2, 0.25) is 0 Å². The first-order chi connectivity index (χ1) is 6.07. The smallest absolute Gasteiger partial charge is 0.154 e. The Hall–Kier alpha value is -0.900. The van der Waals surface area contributed by atoms with Crippen molar-refractivity contribution in [1.82, 2.24) is 4.98 Å². The van der Waals surface area contributed by atoms with Crippen LogP contribution in [0.5, 0.6) is 0 Å². The summed E-state index contributed by atoms with van der Waals surface area (Å²) in [6.07, 6.45) is 2.32. The van der Waals surface area contributed by atoms with E-state index >= 15 is 0 Å². The molecule has 2 heterocycles. The summed E-state index contributed by atoms with van der Waals surface area (Å²) >= 11 is 0. The van der Waals surface area contributed by atoms with Crippen molar-refractivity contribution in [1.29, 1.82) is 0 Å². The van der Waals surface area contributed by atoms with Crippen molar-refractivity contribution in [2.75, 3.05) is 5.75 Å². The van der Waals surface area contributed by atoms with Crippen LogP contribution in [0.4, 0.5) is 0 Å². The van der Waals surface area contributed by atoms with Gasteiger partial charge >= 0.3 is 0 Å². The summed E-state index contributed by atoms with van der Waals surface area (Å²) < 4.78 is 22.5. The first kappa shape index (κ1) is 8.69. The molecular weight excluding hydrogens is 186 g/mol. The first-order valence-electron chi connectivity index (χ1n) is 4.22. The number of aryl methyl sites for hydroxylation is 2. The van der Waals surface area contributed by atoms with E-state index in [0.717, 1.165) is 16.8 Å². The molecule has 1 aliphatic heterocycles. The van der Waals surface area contributed by atoms with Crippen molar-refractivity contribution in [2.45, 2.75) is 19.1 Å². The van der Waals surface area contributed by atoms with Crippen molar-refractivity contribution in [3.05, 3.63) is 29.1 Å². The minimum absolute atomic E-state index is 0.162. The number of nitrogens with zero attached hydrogens (tertiary/aromatic N) is 1. The molecule has 1 aromatic rings. The third-order valence-electron chi connectivity index (χ3n) is 2.28. The Kier molecular flexibility index (Phi) is 1.87. The number of hydrogen-bond donors (Lipinski definition) is 0. The van der Waals surface area contributed by atoms with E-state index < -0.39 is 9.84 Å². The molecule has 0 bridgehead atoms. The lowest BCUT2D eigenvalue weighted by Crippen LogP contribution is -2.19. The lowest BCUT2D eigenvalue weighted by atomic mass is 10.1. The summed E-state index contributed by atoms with van der Waals surface area (Å²) in [6.45, 7) is 1.92. The zero-order valence-corrected chi connectivity index (χ0v) is 8.26. The summed E-state index contributed by atoms with van der Waals surface area (Å²) in [6, 6.07) is 1.98. The molecule has 0 saturated heterocycles. The Bertz CT molecular complexity index is 437. The van der Waals surface area contributed by atoms with E-state index in [1.807, 2.05) is 13.0 Å². The highest BCUT2D eigenvalue weighted by Gasteiger charge is 2.21. The number of sulfone groups is 1. The van der Waals surface area contributed by atoms with Gasteiger partial charge in [-0.2, -0.15) is 0 Å². The van der Waals surface area contributed by atoms with Crippen LogP contribution >= 0.6 is 0 Å². The Labute approximate surface area is 77.7 Å². The summed E-state index contributed by atoms with van der Waals surface area (Å²) in [5.74, 6) is 0.444. The van der Waals surface area contributed by atoms with Gasteiger partial charge in [-0.1, -0.05) is 0 Å². The second kappa shape index (κ2) is 2.80. The van der Waals surface area contributed by atoms with Crippen LogP contribution in [0.15, 0.2) is 12.3 Å². The normalized spacial score (nSPS) is 19.5. The largest absolute Gasteiger partial charge is 0.261 e. The fourth-order valence-corrected chi connectivity index (χ4v) is 2.99. The van der Waals surface area contributed by atoms with E-state index in [4.69, 9.17) is 0 Å². The number of rotatable bonds is 0. The molecule has 0 spiro atoms. The van der Waals surface area contributed by atoms with Crippen molar-refractivity contribution in [3.63, 3.8) is 0 Å². The number of hydrogen-bond acceptors (Lipinski definition) is 3. The highest BCUT2D eigenvalue weighted by atomic mass is 32.2. The zero-order valence-electron chi connectivity index (χ0n) is 7.45. The van der Waals surface area contributed by atoms with Crippen LogP contribution in [-0.2, 0) is 22.0 Å². The molecule has 3 nitrogen and oxygen atoms in total. The number of pyridine rings is 1. The van der Waals surface area contributed by atoms with Gasteiger partial charge in [0.25, 0.3) is 0 Å². The first-order valence-corrected chi connectivity index (χ1v) is 6.04. The van der Waals surface area contributed by atoms with E-state index in [0.29, 0.717) is 6.42 Å². The van der Waals surface area contributed by atoms with E-state index in [9.17, 15) is 8.42 Å². The highest BCUT2D eigenvalue weighted by molar-refractivity contribution is 7.90. The predicted molar refractivity (Wildman–Crippen MR) is 50.2 cm³/mol. The van der Waals surface area contributed by atoms with Gasteiger partial charge in [-0.25, -0.2) is 8.42 Å². The van der Waals surface area contributed by atoms with Crippen molar-refractivity contribution in [3.8, 4) is 0 Å². The van der Waals surface area contributed by atoms with Crippen LogP contribution in [0.3, 0.4) is 0 Å². The van der Waals surface area contributed by atoms with E-state index in [1.165, 1.54) is 0 Å². The van der Waals surface area contributed by atoms with Crippen LogP contribution < -0.4 is 0 Å². The third-order valence-corrected chi connectivity index (χ3v) is 3.85. The van der Waals surface area contributed by atoms with Gasteiger partial charge in [0.1, 0.15) is 0 Å².